The molecular weight excluding hydrogens is 288 g/mol. The molecule has 0 aliphatic rings. The van der Waals surface area contributed by atoms with E-state index >= 15 is 0 Å². The van der Waals surface area contributed by atoms with E-state index in [0.29, 0.717) is 11.6 Å². The smallest absolute Gasteiger partial charge is 0.250 e. The second-order valence-electron chi connectivity index (χ2n) is 5.73. The Bertz CT molecular complexity index is 571. The van der Waals surface area contributed by atoms with E-state index < -0.39 is 0 Å². The number of hydrogen-bond donors (Lipinski definition) is 1. The van der Waals surface area contributed by atoms with Crippen molar-refractivity contribution in [2.75, 3.05) is 0 Å². The Morgan fingerprint density at radius 3 is 2.83 bits per heavy atom. The number of nitrogens with zero attached hydrogens (tertiary/aromatic N) is 3. The lowest BCUT2D eigenvalue weighted by Crippen LogP contribution is -2.18. The van der Waals surface area contributed by atoms with E-state index in [-0.39, 0.29) is 11.8 Å². The van der Waals surface area contributed by atoms with E-state index in [0.717, 1.165) is 25.1 Å². The highest BCUT2D eigenvalue weighted by molar-refractivity contribution is 5.93. The van der Waals surface area contributed by atoms with E-state index in [1.807, 2.05) is 32.1 Å². The fourth-order valence-electron chi connectivity index (χ4n) is 2.09. The summed E-state index contributed by atoms with van der Waals surface area (Å²) >= 11 is 0. The summed E-state index contributed by atoms with van der Waals surface area (Å²) in [5.74, 6) is 0.904. The molecule has 2 unspecified atom stereocenters. The maximum Gasteiger partial charge on any atom is 0.250 e. The lowest BCUT2D eigenvalue weighted by atomic mass is 10.1. The van der Waals surface area contributed by atoms with Crippen molar-refractivity contribution in [3.8, 4) is 0 Å². The number of aromatic nitrogens is 3. The molecule has 0 aliphatic carbocycles. The summed E-state index contributed by atoms with van der Waals surface area (Å²) in [7, 11) is 0. The summed E-state index contributed by atoms with van der Waals surface area (Å²) in [5, 5.41) is 11.0. The van der Waals surface area contributed by atoms with Gasteiger partial charge in [0.1, 0.15) is 12.2 Å². The average molecular weight is 316 g/mol. The van der Waals surface area contributed by atoms with Gasteiger partial charge in [-0.1, -0.05) is 32.1 Å². The molecule has 0 spiro atoms. The number of rotatable bonds is 9. The molecule has 126 valence electrons. The second-order valence-corrected chi connectivity index (χ2v) is 5.73. The molecule has 0 saturated heterocycles. The van der Waals surface area contributed by atoms with E-state index in [4.69, 9.17) is 0 Å². The summed E-state index contributed by atoms with van der Waals surface area (Å²) in [6.45, 7) is 11.8. The normalized spacial score (nSPS) is 14.7. The summed E-state index contributed by atoms with van der Waals surface area (Å²) in [6, 6.07) is 0.362. The Labute approximate surface area is 139 Å². The van der Waals surface area contributed by atoms with Gasteiger partial charge in [-0.25, -0.2) is 0 Å². The van der Waals surface area contributed by atoms with Gasteiger partial charge in [0.05, 0.1) is 0 Å². The fourth-order valence-corrected chi connectivity index (χ4v) is 2.09. The first-order valence-electron chi connectivity index (χ1n) is 8.15. The van der Waals surface area contributed by atoms with Crippen LogP contribution < -0.4 is 5.32 Å². The van der Waals surface area contributed by atoms with E-state index in [1.54, 1.807) is 12.5 Å². The van der Waals surface area contributed by atoms with Crippen LogP contribution in [-0.4, -0.2) is 20.7 Å². The largest absolute Gasteiger partial charge is 0.329 e. The van der Waals surface area contributed by atoms with E-state index in [2.05, 4.69) is 40.5 Å². The first-order chi connectivity index (χ1) is 11.0. The molecule has 5 heteroatoms. The third-order valence-corrected chi connectivity index (χ3v) is 3.85. The SMILES string of the molecule is C=CCC/C=C(\C)C(=O)N/C=C/C(C)c1nncn1C(C)CC. The van der Waals surface area contributed by atoms with Crippen LogP contribution in [-0.2, 0) is 4.79 Å². The molecule has 0 saturated carbocycles. The zero-order valence-electron chi connectivity index (χ0n) is 14.6. The molecule has 1 aromatic rings. The van der Waals surface area contributed by atoms with Gasteiger partial charge >= 0.3 is 0 Å². The minimum absolute atomic E-state index is 0.0804. The van der Waals surface area contributed by atoms with Gasteiger partial charge in [-0.3, -0.25) is 4.79 Å². The Kier molecular flexibility index (Phi) is 8.02. The van der Waals surface area contributed by atoms with Crippen molar-refractivity contribution in [1.29, 1.82) is 0 Å². The molecular formula is C18H28N4O. The monoisotopic (exact) mass is 316 g/mol. The van der Waals surface area contributed by atoms with Crippen molar-refractivity contribution >= 4 is 5.91 Å². The Balaban J connectivity index is 2.61. The summed E-state index contributed by atoms with van der Waals surface area (Å²) in [4.78, 5) is 11.9. The zero-order valence-corrected chi connectivity index (χ0v) is 14.6. The molecule has 0 aromatic carbocycles. The van der Waals surface area contributed by atoms with Crippen LogP contribution in [0.25, 0.3) is 0 Å². The molecule has 0 fully saturated rings. The number of nitrogens with one attached hydrogen (secondary N) is 1. The van der Waals surface area contributed by atoms with Crippen molar-refractivity contribution in [3.05, 3.63) is 48.7 Å². The standard InChI is InChI=1S/C18H28N4O/c1-6-8-9-10-15(4)18(23)19-12-11-14(3)17-21-20-13-22(17)16(5)7-2/h6,10-14,16H,1,7-9H2,2-5H3,(H,19,23)/b12-11+,15-10+. The van der Waals surface area contributed by atoms with E-state index in [9.17, 15) is 4.79 Å². The van der Waals surface area contributed by atoms with Gasteiger partial charge in [0.15, 0.2) is 0 Å². The van der Waals surface area contributed by atoms with Gasteiger partial charge in [-0.05, 0) is 33.1 Å². The summed E-state index contributed by atoms with van der Waals surface area (Å²) < 4.78 is 2.08. The van der Waals surface area contributed by atoms with Gasteiger partial charge in [0.2, 0.25) is 5.91 Å². The molecule has 1 aromatic heterocycles. The molecule has 0 bridgehead atoms. The highest BCUT2D eigenvalue weighted by Gasteiger charge is 2.13. The van der Waals surface area contributed by atoms with Crippen LogP contribution in [0.5, 0.6) is 0 Å². The third kappa shape index (κ3) is 5.85. The van der Waals surface area contributed by atoms with Gasteiger partial charge in [-0.2, -0.15) is 0 Å². The topological polar surface area (TPSA) is 59.8 Å². The molecule has 1 amide bonds. The third-order valence-electron chi connectivity index (χ3n) is 3.85. The van der Waals surface area contributed by atoms with Gasteiger partial charge < -0.3 is 9.88 Å². The van der Waals surface area contributed by atoms with E-state index in [1.165, 1.54) is 0 Å². The molecule has 0 radical (unpaired) electrons. The highest BCUT2D eigenvalue weighted by Crippen LogP contribution is 2.19. The number of amides is 1. The quantitative estimate of drug-likeness (QED) is 0.427. The number of carbonyl (C=O) groups excluding carboxylic acids is 1. The number of hydrogen-bond acceptors (Lipinski definition) is 3. The maximum absolute atomic E-state index is 11.9. The van der Waals surface area contributed by atoms with Gasteiger partial charge in [0, 0.05) is 23.7 Å². The first-order valence-corrected chi connectivity index (χ1v) is 8.15. The van der Waals surface area contributed by atoms with Crippen molar-refractivity contribution in [1.82, 2.24) is 20.1 Å². The minimum Gasteiger partial charge on any atom is -0.329 e. The van der Waals surface area contributed by atoms with Crippen LogP contribution in [0.2, 0.25) is 0 Å². The first kappa shape index (κ1) is 18.9. The molecule has 1 N–H and O–H groups in total. The Morgan fingerprint density at radius 1 is 1.43 bits per heavy atom. The number of carbonyl (C=O) groups is 1. The molecule has 2 atom stereocenters. The van der Waals surface area contributed by atoms with Crippen molar-refractivity contribution < 1.29 is 4.79 Å². The molecule has 1 rings (SSSR count). The summed E-state index contributed by atoms with van der Waals surface area (Å²) in [5.41, 5.74) is 0.715. The van der Waals surface area contributed by atoms with Crippen molar-refractivity contribution in [2.45, 2.75) is 58.9 Å². The molecule has 1 heterocycles. The Morgan fingerprint density at radius 2 is 2.17 bits per heavy atom. The lowest BCUT2D eigenvalue weighted by Gasteiger charge is -2.15. The maximum atomic E-state index is 11.9. The molecule has 0 aliphatic heterocycles. The minimum atomic E-state index is -0.0825. The van der Waals surface area contributed by atoms with Crippen LogP contribution in [0.3, 0.4) is 0 Å². The fraction of sp³-hybridized carbons (Fsp3) is 0.500. The van der Waals surface area contributed by atoms with Crippen LogP contribution in [0, 0.1) is 0 Å². The summed E-state index contributed by atoms with van der Waals surface area (Å²) in [6.07, 6.45) is 11.9. The van der Waals surface area contributed by atoms with Gasteiger partial charge in [0.25, 0.3) is 0 Å². The predicted octanol–water partition coefficient (Wildman–Crippen LogP) is 3.90. The number of allylic oxidation sites excluding steroid dienone is 3. The van der Waals surface area contributed by atoms with Crippen molar-refractivity contribution in [3.63, 3.8) is 0 Å². The lowest BCUT2D eigenvalue weighted by molar-refractivity contribution is -0.116. The predicted molar refractivity (Wildman–Crippen MR) is 93.9 cm³/mol. The molecule has 5 nitrogen and oxygen atoms in total. The highest BCUT2D eigenvalue weighted by atomic mass is 16.1. The number of unbranched alkanes of at least 4 members (excludes halogenated alkanes) is 1. The second kappa shape index (κ2) is 9.77. The van der Waals surface area contributed by atoms with Gasteiger partial charge in [-0.15, -0.1) is 16.8 Å². The van der Waals surface area contributed by atoms with Crippen LogP contribution in [0.15, 0.2) is 42.9 Å². The van der Waals surface area contributed by atoms with Crippen LogP contribution in [0.4, 0.5) is 0 Å². The molecule has 23 heavy (non-hydrogen) atoms. The van der Waals surface area contributed by atoms with Crippen molar-refractivity contribution in [2.24, 2.45) is 0 Å². The van der Waals surface area contributed by atoms with Crippen LogP contribution in [0.1, 0.15) is 64.7 Å². The zero-order chi connectivity index (χ0) is 17.2. The van der Waals surface area contributed by atoms with Crippen LogP contribution >= 0.6 is 0 Å². The average Bonchev–Trinajstić information content (AvgIpc) is 3.03. The Hall–Kier alpha value is -2.17.